The molecule has 0 fully saturated rings. The first-order valence-corrected chi connectivity index (χ1v) is 7.91. The summed E-state index contributed by atoms with van der Waals surface area (Å²) in [5.41, 5.74) is 3.51. The molecular weight excluding hydrogens is 284 g/mol. The third-order valence-electron chi connectivity index (χ3n) is 4.30. The second-order valence-electron chi connectivity index (χ2n) is 5.70. The molecule has 0 unspecified atom stereocenters. The van der Waals surface area contributed by atoms with Crippen LogP contribution in [0.2, 0.25) is 0 Å². The van der Waals surface area contributed by atoms with E-state index in [1.807, 2.05) is 18.2 Å². The van der Waals surface area contributed by atoms with Gasteiger partial charge in [-0.3, -0.25) is 0 Å². The number of hydrogen-bond donors (Lipinski definition) is 0. The summed E-state index contributed by atoms with van der Waals surface area (Å²) in [7, 11) is 2.07. The Morgan fingerprint density at radius 2 is 1.83 bits per heavy atom. The Bertz CT molecular complexity index is 914. The molecule has 3 nitrogen and oxygen atoms in total. The molecule has 1 aliphatic rings. The molecule has 0 amide bonds. The third kappa shape index (κ3) is 2.25. The molecule has 3 heteroatoms. The van der Waals surface area contributed by atoms with Crippen molar-refractivity contribution < 1.29 is 9.30 Å². The fourth-order valence-corrected chi connectivity index (χ4v) is 3.13. The van der Waals surface area contributed by atoms with Crippen molar-refractivity contribution in [1.82, 2.24) is 0 Å². The lowest BCUT2D eigenvalue weighted by atomic mass is 10.1. The minimum atomic E-state index is 0.876. The molecule has 0 radical (unpaired) electrons. The van der Waals surface area contributed by atoms with Gasteiger partial charge in [-0.25, -0.2) is 4.57 Å². The van der Waals surface area contributed by atoms with Crippen LogP contribution in [0.25, 0.3) is 17.0 Å². The highest BCUT2D eigenvalue weighted by molar-refractivity contribution is 5.86. The van der Waals surface area contributed by atoms with Gasteiger partial charge in [0.05, 0.1) is 11.1 Å². The molecule has 0 saturated carbocycles. The van der Waals surface area contributed by atoms with Gasteiger partial charge in [0.25, 0.3) is 0 Å². The lowest BCUT2D eigenvalue weighted by molar-refractivity contribution is -0.644. The van der Waals surface area contributed by atoms with E-state index in [9.17, 15) is 0 Å². The fraction of sp³-hybridized carbons (Fsp3) is 0.150. The maximum atomic E-state index is 6.07. The number of rotatable bonds is 2. The van der Waals surface area contributed by atoms with Gasteiger partial charge in [-0.05, 0) is 30.7 Å². The number of pyridine rings is 1. The van der Waals surface area contributed by atoms with Crippen LogP contribution in [0, 0.1) is 0 Å². The lowest BCUT2D eigenvalue weighted by Gasteiger charge is -2.15. The quantitative estimate of drug-likeness (QED) is 0.668. The largest absolute Gasteiger partial charge is 0.439 e. The van der Waals surface area contributed by atoms with Gasteiger partial charge >= 0.3 is 0 Å². The van der Waals surface area contributed by atoms with E-state index in [4.69, 9.17) is 4.74 Å². The van der Waals surface area contributed by atoms with Crippen molar-refractivity contribution in [3.63, 3.8) is 0 Å². The molecule has 23 heavy (non-hydrogen) atoms. The van der Waals surface area contributed by atoms with E-state index >= 15 is 0 Å². The van der Waals surface area contributed by atoms with E-state index in [0.29, 0.717) is 0 Å². The van der Waals surface area contributed by atoms with Crippen molar-refractivity contribution in [2.45, 2.75) is 6.92 Å². The minimum Gasteiger partial charge on any atom is -0.439 e. The first-order chi connectivity index (χ1) is 11.3. The van der Waals surface area contributed by atoms with Crippen molar-refractivity contribution in [2.24, 2.45) is 7.05 Å². The number of aromatic nitrogens is 1. The van der Waals surface area contributed by atoms with Gasteiger partial charge in [0.2, 0.25) is 11.4 Å². The summed E-state index contributed by atoms with van der Waals surface area (Å²) in [5, 5.41) is 1.22. The van der Waals surface area contributed by atoms with Crippen molar-refractivity contribution in [3.05, 3.63) is 72.2 Å². The van der Waals surface area contributed by atoms with Crippen LogP contribution in [0.3, 0.4) is 0 Å². The van der Waals surface area contributed by atoms with Crippen LogP contribution in [0.15, 0.2) is 66.7 Å². The van der Waals surface area contributed by atoms with Crippen molar-refractivity contribution in [3.8, 4) is 5.75 Å². The second-order valence-corrected chi connectivity index (χ2v) is 5.70. The summed E-state index contributed by atoms with van der Waals surface area (Å²) in [6.45, 7) is 3.02. The van der Waals surface area contributed by atoms with Crippen LogP contribution >= 0.6 is 0 Å². The molecule has 4 rings (SSSR count). The summed E-state index contributed by atoms with van der Waals surface area (Å²) in [5.74, 6) is 1.80. The average Bonchev–Trinajstić information content (AvgIpc) is 2.94. The molecule has 1 aliphatic heterocycles. The predicted octanol–water partition coefficient (Wildman–Crippen LogP) is 3.88. The van der Waals surface area contributed by atoms with E-state index in [2.05, 4.69) is 72.1 Å². The Balaban J connectivity index is 1.85. The smallest absolute Gasteiger partial charge is 0.212 e. The van der Waals surface area contributed by atoms with Crippen LogP contribution in [0.5, 0.6) is 5.75 Å². The van der Waals surface area contributed by atoms with Gasteiger partial charge in [0.15, 0.2) is 11.9 Å². The Labute approximate surface area is 136 Å². The lowest BCUT2D eigenvalue weighted by Crippen LogP contribution is -2.28. The molecule has 114 valence electrons. The molecule has 2 aromatic carbocycles. The maximum absolute atomic E-state index is 6.07. The SMILES string of the molecule is CCN1/C(=C\c2cc[n+](C)c3ccccc23)Oc2ccccc21. The van der Waals surface area contributed by atoms with Crippen LogP contribution in [-0.4, -0.2) is 6.54 Å². The molecule has 0 atom stereocenters. The van der Waals surface area contributed by atoms with Gasteiger partial charge in [0.1, 0.15) is 7.05 Å². The third-order valence-corrected chi connectivity index (χ3v) is 4.30. The zero-order chi connectivity index (χ0) is 15.8. The summed E-state index contributed by atoms with van der Waals surface area (Å²) in [4.78, 5) is 2.21. The van der Waals surface area contributed by atoms with Crippen molar-refractivity contribution in [2.75, 3.05) is 11.4 Å². The highest BCUT2D eigenvalue weighted by Gasteiger charge is 2.24. The normalized spacial score (nSPS) is 15.0. The topological polar surface area (TPSA) is 16.4 Å². The molecule has 2 heterocycles. The number of aryl methyl sites for hydroxylation is 1. The highest BCUT2D eigenvalue weighted by Crippen LogP contribution is 2.39. The molecule has 0 spiro atoms. The molecule has 1 aromatic heterocycles. The monoisotopic (exact) mass is 303 g/mol. The number of para-hydroxylation sites is 3. The molecular formula is C20H19N2O+. The Hall–Kier alpha value is -2.81. The van der Waals surface area contributed by atoms with Crippen LogP contribution < -0.4 is 14.2 Å². The first kappa shape index (κ1) is 13.8. The van der Waals surface area contributed by atoms with Crippen LogP contribution in [-0.2, 0) is 7.05 Å². The zero-order valence-corrected chi connectivity index (χ0v) is 13.4. The van der Waals surface area contributed by atoms with Gasteiger partial charge in [0, 0.05) is 24.8 Å². The minimum absolute atomic E-state index is 0.876. The summed E-state index contributed by atoms with van der Waals surface area (Å²) in [6, 6.07) is 18.7. The first-order valence-electron chi connectivity index (χ1n) is 7.91. The van der Waals surface area contributed by atoms with E-state index in [1.165, 1.54) is 16.5 Å². The number of anilines is 1. The number of ether oxygens (including phenoxy) is 1. The van der Waals surface area contributed by atoms with Crippen molar-refractivity contribution in [1.29, 1.82) is 0 Å². The molecule has 0 saturated heterocycles. The van der Waals surface area contributed by atoms with Gasteiger partial charge in [-0.15, -0.1) is 0 Å². The second kappa shape index (κ2) is 5.43. The standard InChI is InChI=1S/C20H19N2O/c1-3-22-18-10-6-7-11-19(18)23-20(22)14-15-12-13-21(2)17-9-5-4-8-16(15)17/h4-14H,3H2,1-2H3/q+1. The number of nitrogens with zero attached hydrogens (tertiary/aromatic N) is 2. The summed E-state index contributed by atoms with van der Waals surface area (Å²) >= 11 is 0. The Morgan fingerprint density at radius 1 is 1.04 bits per heavy atom. The number of benzene rings is 2. The maximum Gasteiger partial charge on any atom is 0.212 e. The fourth-order valence-electron chi connectivity index (χ4n) is 3.13. The Kier molecular flexibility index (Phi) is 3.27. The summed E-state index contributed by atoms with van der Waals surface area (Å²) < 4.78 is 8.21. The van der Waals surface area contributed by atoms with E-state index in [0.717, 1.165) is 23.9 Å². The van der Waals surface area contributed by atoms with E-state index in [1.54, 1.807) is 0 Å². The molecule has 0 bridgehead atoms. The van der Waals surface area contributed by atoms with Gasteiger partial charge in [-0.1, -0.05) is 24.3 Å². The van der Waals surface area contributed by atoms with Gasteiger partial charge in [-0.2, -0.15) is 0 Å². The van der Waals surface area contributed by atoms with E-state index in [-0.39, 0.29) is 0 Å². The van der Waals surface area contributed by atoms with E-state index < -0.39 is 0 Å². The van der Waals surface area contributed by atoms with Crippen LogP contribution in [0.1, 0.15) is 12.5 Å². The number of fused-ring (bicyclic) bond motifs is 2. The molecule has 0 N–H and O–H groups in total. The van der Waals surface area contributed by atoms with Crippen LogP contribution in [0.4, 0.5) is 5.69 Å². The molecule has 3 aromatic rings. The predicted molar refractivity (Wildman–Crippen MR) is 93.2 cm³/mol. The van der Waals surface area contributed by atoms with Gasteiger partial charge < -0.3 is 9.64 Å². The number of hydrogen-bond acceptors (Lipinski definition) is 2. The zero-order valence-electron chi connectivity index (χ0n) is 13.4. The highest BCUT2D eigenvalue weighted by atomic mass is 16.5. The summed E-state index contributed by atoms with van der Waals surface area (Å²) in [6.07, 6.45) is 4.22. The average molecular weight is 303 g/mol. The Morgan fingerprint density at radius 3 is 2.70 bits per heavy atom. The molecule has 0 aliphatic carbocycles. The van der Waals surface area contributed by atoms with Crippen molar-refractivity contribution >= 4 is 22.7 Å².